The van der Waals surface area contributed by atoms with Crippen LogP contribution in [0.25, 0.3) is 0 Å². The first-order chi connectivity index (χ1) is 5.25. The zero-order valence-corrected chi connectivity index (χ0v) is 5.76. The smallest absolute Gasteiger partial charge is 0.342 e. The van der Waals surface area contributed by atoms with Gasteiger partial charge in [0.1, 0.15) is 12.2 Å². The molecule has 1 rings (SSSR count). The second-order valence-corrected chi connectivity index (χ2v) is 1.97. The predicted molar refractivity (Wildman–Crippen MR) is 37.4 cm³/mol. The standard InChI is InChI=1S/C6H8N2O3/c7-3-4(6(9)10)5-8-1-2-11-5/h3,7-8H,1-2H2,(H,9,10)/b5-4-,7-3?. The van der Waals surface area contributed by atoms with E-state index in [2.05, 4.69) is 5.32 Å². The van der Waals surface area contributed by atoms with Crippen LogP contribution in [0, 0.1) is 5.41 Å². The van der Waals surface area contributed by atoms with E-state index in [1.165, 1.54) is 0 Å². The Kier molecular flexibility index (Phi) is 2.10. The van der Waals surface area contributed by atoms with Crippen molar-refractivity contribution in [1.82, 2.24) is 5.32 Å². The monoisotopic (exact) mass is 156 g/mol. The number of carboxylic acids is 1. The summed E-state index contributed by atoms with van der Waals surface area (Å²) in [4.78, 5) is 10.4. The van der Waals surface area contributed by atoms with Gasteiger partial charge in [-0.15, -0.1) is 0 Å². The Balaban J connectivity index is 2.87. The molecule has 1 aliphatic rings. The third-order valence-electron chi connectivity index (χ3n) is 1.25. The molecular formula is C6H8N2O3. The van der Waals surface area contributed by atoms with Crippen LogP contribution in [-0.4, -0.2) is 30.4 Å². The van der Waals surface area contributed by atoms with Crippen molar-refractivity contribution in [2.75, 3.05) is 13.2 Å². The molecule has 1 aliphatic heterocycles. The molecule has 0 aromatic carbocycles. The van der Waals surface area contributed by atoms with E-state index in [1.54, 1.807) is 0 Å². The maximum Gasteiger partial charge on any atom is 0.342 e. The second kappa shape index (κ2) is 3.05. The molecular weight excluding hydrogens is 148 g/mol. The topological polar surface area (TPSA) is 82.4 Å². The lowest BCUT2D eigenvalue weighted by Crippen LogP contribution is -2.13. The van der Waals surface area contributed by atoms with E-state index in [9.17, 15) is 4.79 Å². The summed E-state index contributed by atoms with van der Waals surface area (Å²) in [6, 6.07) is 0. The fraction of sp³-hybridized carbons (Fsp3) is 0.333. The minimum atomic E-state index is -1.15. The van der Waals surface area contributed by atoms with Gasteiger partial charge in [0.2, 0.25) is 5.88 Å². The lowest BCUT2D eigenvalue weighted by atomic mass is 10.3. The molecule has 0 spiro atoms. The van der Waals surface area contributed by atoms with E-state index in [-0.39, 0.29) is 11.5 Å². The highest BCUT2D eigenvalue weighted by Gasteiger charge is 2.16. The van der Waals surface area contributed by atoms with Crippen LogP contribution >= 0.6 is 0 Å². The summed E-state index contributed by atoms with van der Waals surface area (Å²) in [5.41, 5.74) is -0.137. The summed E-state index contributed by atoms with van der Waals surface area (Å²) in [7, 11) is 0. The molecule has 0 atom stereocenters. The molecule has 1 saturated heterocycles. The predicted octanol–water partition coefficient (Wildman–Crippen LogP) is -0.448. The highest BCUT2D eigenvalue weighted by atomic mass is 16.5. The Hall–Kier alpha value is -1.52. The van der Waals surface area contributed by atoms with Crippen LogP contribution in [0.15, 0.2) is 11.5 Å². The van der Waals surface area contributed by atoms with E-state index in [1.807, 2.05) is 0 Å². The van der Waals surface area contributed by atoms with Crippen LogP contribution in [0.1, 0.15) is 0 Å². The van der Waals surface area contributed by atoms with Gasteiger partial charge < -0.3 is 20.6 Å². The van der Waals surface area contributed by atoms with Crippen molar-refractivity contribution in [1.29, 1.82) is 5.41 Å². The first-order valence-electron chi connectivity index (χ1n) is 3.10. The lowest BCUT2D eigenvalue weighted by Gasteiger charge is -1.99. The number of ether oxygens (including phenoxy) is 1. The normalized spacial score (nSPS) is 20.0. The number of hydrogen-bond acceptors (Lipinski definition) is 4. The number of carbonyl (C=O) groups is 1. The molecule has 5 nitrogen and oxygen atoms in total. The van der Waals surface area contributed by atoms with E-state index in [4.69, 9.17) is 15.3 Å². The lowest BCUT2D eigenvalue weighted by molar-refractivity contribution is -0.132. The molecule has 0 unspecified atom stereocenters. The van der Waals surface area contributed by atoms with Gasteiger partial charge in [-0.3, -0.25) is 0 Å². The van der Waals surface area contributed by atoms with Crippen LogP contribution < -0.4 is 5.32 Å². The average Bonchev–Trinajstić information content (AvgIpc) is 2.40. The van der Waals surface area contributed by atoms with Gasteiger partial charge in [0.25, 0.3) is 0 Å². The van der Waals surface area contributed by atoms with Gasteiger partial charge in [-0.2, -0.15) is 0 Å². The Morgan fingerprint density at radius 3 is 2.91 bits per heavy atom. The first kappa shape index (κ1) is 7.59. The number of hydrogen-bond donors (Lipinski definition) is 3. The molecule has 0 aromatic rings. The van der Waals surface area contributed by atoms with Crippen molar-refractivity contribution in [2.45, 2.75) is 0 Å². The number of nitrogens with one attached hydrogen (secondary N) is 2. The van der Waals surface area contributed by atoms with E-state index in [0.717, 1.165) is 6.21 Å². The van der Waals surface area contributed by atoms with Crippen LogP contribution in [0.2, 0.25) is 0 Å². The third-order valence-corrected chi connectivity index (χ3v) is 1.25. The van der Waals surface area contributed by atoms with Crippen molar-refractivity contribution in [3.63, 3.8) is 0 Å². The number of carboxylic acid groups (broad SMARTS) is 1. The molecule has 5 heteroatoms. The number of rotatable bonds is 2. The van der Waals surface area contributed by atoms with Crippen LogP contribution in [0.3, 0.4) is 0 Å². The summed E-state index contributed by atoms with van der Waals surface area (Å²) in [5, 5.41) is 18.0. The van der Waals surface area contributed by atoms with Gasteiger partial charge in [0.15, 0.2) is 0 Å². The number of aliphatic carboxylic acids is 1. The Labute approximate surface area is 63.2 Å². The summed E-state index contributed by atoms with van der Waals surface area (Å²) in [5.74, 6) is -0.961. The van der Waals surface area contributed by atoms with Crippen LogP contribution in [0.4, 0.5) is 0 Å². The fourth-order valence-corrected chi connectivity index (χ4v) is 0.766. The van der Waals surface area contributed by atoms with E-state index < -0.39 is 5.97 Å². The molecule has 11 heavy (non-hydrogen) atoms. The summed E-state index contributed by atoms with van der Waals surface area (Å²) >= 11 is 0. The van der Waals surface area contributed by atoms with Crippen LogP contribution in [-0.2, 0) is 9.53 Å². The first-order valence-corrected chi connectivity index (χ1v) is 3.10. The van der Waals surface area contributed by atoms with Crippen molar-refractivity contribution in [3.8, 4) is 0 Å². The molecule has 1 heterocycles. The van der Waals surface area contributed by atoms with E-state index in [0.29, 0.717) is 13.2 Å². The minimum Gasteiger partial charge on any atom is -0.477 e. The highest BCUT2D eigenvalue weighted by Crippen LogP contribution is 2.05. The van der Waals surface area contributed by atoms with Gasteiger partial charge in [-0.05, 0) is 0 Å². The maximum atomic E-state index is 10.4. The van der Waals surface area contributed by atoms with Gasteiger partial charge in [0.05, 0.1) is 6.54 Å². The molecule has 1 fully saturated rings. The van der Waals surface area contributed by atoms with Crippen molar-refractivity contribution >= 4 is 12.2 Å². The zero-order valence-electron chi connectivity index (χ0n) is 5.76. The summed E-state index contributed by atoms with van der Waals surface area (Å²) < 4.78 is 4.90. The minimum absolute atomic E-state index is 0.137. The Morgan fingerprint density at radius 2 is 2.55 bits per heavy atom. The van der Waals surface area contributed by atoms with Gasteiger partial charge >= 0.3 is 5.97 Å². The van der Waals surface area contributed by atoms with Crippen molar-refractivity contribution in [3.05, 3.63) is 11.5 Å². The SMILES string of the molecule is N=C/C(C(=O)O)=C1\NCCO1. The quantitative estimate of drug-likeness (QED) is 0.373. The molecule has 60 valence electrons. The zero-order chi connectivity index (χ0) is 8.27. The largest absolute Gasteiger partial charge is 0.477 e. The molecule has 0 saturated carbocycles. The molecule has 0 bridgehead atoms. The summed E-state index contributed by atoms with van der Waals surface area (Å²) in [6.07, 6.45) is 0.760. The molecule has 3 N–H and O–H groups in total. The summed E-state index contributed by atoms with van der Waals surface area (Å²) in [6.45, 7) is 1.06. The molecule has 0 aromatic heterocycles. The van der Waals surface area contributed by atoms with Gasteiger partial charge in [-0.1, -0.05) is 0 Å². The van der Waals surface area contributed by atoms with E-state index >= 15 is 0 Å². The average molecular weight is 156 g/mol. The van der Waals surface area contributed by atoms with Crippen molar-refractivity contribution < 1.29 is 14.6 Å². The van der Waals surface area contributed by atoms with Crippen molar-refractivity contribution in [2.24, 2.45) is 0 Å². The van der Waals surface area contributed by atoms with Gasteiger partial charge in [0, 0.05) is 6.21 Å². The second-order valence-electron chi connectivity index (χ2n) is 1.97. The van der Waals surface area contributed by atoms with Crippen LogP contribution in [0.5, 0.6) is 0 Å². The highest BCUT2D eigenvalue weighted by molar-refractivity contribution is 6.07. The van der Waals surface area contributed by atoms with Gasteiger partial charge in [-0.25, -0.2) is 4.79 Å². The molecule has 0 amide bonds. The Morgan fingerprint density at radius 1 is 1.82 bits per heavy atom. The fourth-order valence-electron chi connectivity index (χ4n) is 0.766. The maximum absolute atomic E-state index is 10.4. The molecule has 0 aliphatic carbocycles. The Bertz CT molecular complexity index is 214. The molecule has 0 radical (unpaired) electrons. The third kappa shape index (κ3) is 1.49.